The third-order valence-electron chi connectivity index (χ3n) is 3.26. The molecule has 0 spiro atoms. The van der Waals surface area contributed by atoms with Gasteiger partial charge in [-0.1, -0.05) is 13.8 Å². The van der Waals surface area contributed by atoms with Crippen molar-refractivity contribution >= 4 is 15.8 Å². The van der Waals surface area contributed by atoms with Crippen molar-refractivity contribution in [1.29, 1.82) is 0 Å². The highest BCUT2D eigenvalue weighted by Crippen LogP contribution is 2.27. The molecule has 0 bridgehead atoms. The number of esters is 1. The van der Waals surface area contributed by atoms with Gasteiger partial charge in [0.1, 0.15) is 6.10 Å². The van der Waals surface area contributed by atoms with Crippen LogP contribution in [0.5, 0.6) is 0 Å². The Bertz CT molecular complexity index is 369. The first-order valence-corrected chi connectivity index (χ1v) is 7.41. The lowest BCUT2D eigenvalue weighted by Gasteiger charge is -2.24. The molecule has 0 aromatic heterocycles. The van der Waals surface area contributed by atoms with Crippen molar-refractivity contribution in [3.05, 3.63) is 0 Å². The summed E-state index contributed by atoms with van der Waals surface area (Å²) >= 11 is 0. The summed E-state index contributed by atoms with van der Waals surface area (Å²) in [6.07, 6.45) is 0.211. The van der Waals surface area contributed by atoms with Crippen LogP contribution in [0.2, 0.25) is 0 Å². The molecule has 0 amide bonds. The Hall–Kier alpha value is -0.580. The van der Waals surface area contributed by atoms with E-state index < -0.39 is 21.4 Å². The van der Waals surface area contributed by atoms with Gasteiger partial charge in [0, 0.05) is 5.92 Å². The molecule has 94 valence electrons. The standard InChI is InChI=1S/C11H20O4S/c1-5-11(3,4)10(12)15-9-7-16(13,14)6-8(9)2/h8-9H,5-7H2,1-4H3. The Morgan fingerprint density at radius 3 is 2.31 bits per heavy atom. The quantitative estimate of drug-likeness (QED) is 0.708. The fourth-order valence-electron chi connectivity index (χ4n) is 1.58. The Morgan fingerprint density at radius 1 is 1.38 bits per heavy atom. The van der Waals surface area contributed by atoms with Crippen LogP contribution in [-0.4, -0.2) is 32.0 Å². The van der Waals surface area contributed by atoms with Crippen LogP contribution in [0.15, 0.2) is 0 Å². The first kappa shape index (κ1) is 13.5. The minimum absolute atomic E-state index is 0.0281. The van der Waals surface area contributed by atoms with Gasteiger partial charge in [0.15, 0.2) is 9.84 Å². The first-order chi connectivity index (χ1) is 7.18. The minimum atomic E-state index is -3.02. The zero-order chi connectivity index (χ0) is 12.6. The Morgan fingerprint density at radius 2 is 1.94 bits per heavy atom. The van der Waals surface area contributed by atoms with Crippen molar-refractivity contribution in [3.8, 4) is 0 Å². The molecular weight excluding hydrogens is 228 g/mol. The summed E-state index contributed by atoms with van der Waals surface area (Å²) in [6, 6.07) is 0. The lowest BCUT2D eigenvalue weighted by molar-refractivity contribution is -0.160. The SMILES string of the molecule is CCC(C)(C)C(=O)OC1CS(=O)(=O)CC1C. The van der Waals surface area contributed by atoms with Gasteiger partial charge in [0.2, 0.25) is 0 Å². The molecule has 5 heteroatoms. The summed E-state index contributed by atoms with van der Waals surface area (Å²) in [5.74, 6) is -0.303. The van der Waals surface area contributed by atoms with Gasteiger partial charge in [-0.2, -0.15) is 0 Å². The third kappa shape index (κ3) is 2.97. The first-order valence-electron chi connectivity index (χ1n) is 5.59. The minimum Gasteiger partial charge on any atom is -0.461 e. The normalized spacial score (nSPS) is 29.0. The lowest BCUT2D eigenvalue weighted by Crippen LogP contribution is -2.32. The van der Waals surface area contributed by atoms with E-state index in [9.17, 15) is 13.2 Å². The highest BCUT2D eigenvalue weighted by atomic mass is 32.2. The van der Waals surface area contributed by atoms with Crippen LogP contribution in [0.4, 0.5) is 0 Å². The average Bonchev–Trinajstić information content (AvgIpc) is 2.39. The predicted molar refractivity (Wildman–Crippen MR) is 61.8 cm³/mol. The molecule has 2 atom stereocenters. The molecule has 0 aromatic rings. The van der Waals surface area contributed by atoms with E-state index in [4.69, 9.17) is 4.74 Å². The van der Waals surface area contributed by atoms with Crippen LogP contribution in [0.3, 0.4) is 0 Å². The molecule has 1 rings (SSSR count). The Labute approximate surface area is 97.3 Å². The van der Waals surface area contributed by atoms with Gasteiger partial charge in [-0.25, -0.2) is 8.42 Å². The molecular formula is C11H20O4S. The molecule has 2 unspecified atom stereocenters. The highest BCUT2D eigenvalue weighted by molar-refractivity contribution is 7.91. The summed E-state index contributed by atoms with van der Waals surface area (Å²) in [5.41, 5.74) is -0.536. The largest absolute Gasteiger partial charge is 0.461 e. The summed E-state index contributed by atoms with van der Waals surface area (Å²) < 4.78 is 28.0. The maximum Gasteiger partial charge on any atom is 0.311 e. The van der Waals surface area contributed by atoms with Crippen molar-refractivity contribution in [2.75, 3.05) is 11.5 Å². The second-order valence-corrected chi connectivity index (χ2v) is 7.39. The van der Waals surface area contributed by atoms with Crippen LogP contribution >= 0.6 is 0 Å². The second-order valence-electron chi connectivity index (χ2n) is 5.24. The number of rotatable bonds is 3. The van der Waals surface area contributed by atoms with Crippen LogP contribution in [-0.2, 0) is 19.4 Å². The van der Waals surface area contributed by atoms with E-state index in [-0.39, 0.29) is 23.4 Å². The molecule has 0 radical (unpaired) electrons. The Kier molecular flexibility index (Phi) is 3.67. The Balaban J connectivity index is 2.67. The van der Waals surface area contributed by atoms with Gasteiger partial charge in [0.25, 0.3) is 0 Å². The zero-order valence-electron chi connectivity index (χ0n) is 10.3. The van der Waals surface area contributed by atoms with Gasteiger partial charge in [0.05, 0.1) is 16.9 Å². The third-order valence-corrected chi connectivity index (χ3v) is 5.13. The number of hydrogen-bond acceptors (Lipinski definition) is 4. The highest BCUT2D eigenvalue weighted by Gasteiger charge is 2.39. The fraction of sp³-hybridized carbons (Fsp3) is 0.909. The number of sulfone groups is 1. The average molecular weight is 248 g/mol. The van der Waals surface area contributed by atoms with Crippen LogP contribution < -0.4 is 0 Å². The van der Waals surface area contributed by atoms with Gasteiger partial charge in [-0.3, -0.25) is 4.79 Å². The van der Waals surface area contributed by atoms with Crippen LogP contribution in [0, 0.1) is 11.3 Å². The van der Waals surface area contributed by atoms with E-state index in [0.29, 0.717) is 6.42 Å². The molecule has 0 aromatic carbocycles. The topological polar surface area (TPSA) is 60.4 Å². The predicted octanol–water partition coefficient (Wildman–Crippen LogP) is 1.40. The van der Waals surface area contributed by atoms with Crippen molar-refractivity contribution in [2.45, 2.75) is 40.2 Å². The molecule has 1 saturated heterocycles. The van der Waals surface area contributed by atoms with Gasteiger partial charge >= 0.3 is 5.97 Å². The molecule has 1 aliphatic heterocycles. The number of hydrogen-bond donors (Lipinski definition) is 0. The van der Waals surface area contributed by atoms with Crippen LogP contribution in [0.25, 0.3) is 0 Å². The van der Waals surface area contributed by atoms with E-state index in [1.165, 1.54) is 0 Å². The molecule has 1 aliphatic rings. The van der Waals surface area contributed by atoms with E-state index >= 15 is 0 Å². The number of carbonyl (C=O) groups is 1. The smallest absolute Gasteiger partial charge is 0.311 e. The van der Waals surface area contributed by atoms with Gasteiger partial charge in [-0.15, -0.1) is 0 Å². The van der Waals surface area contributed by atoms with E-state index in [0.717, 1.165) is 0 Å². The van der Waals surface area contributed by atoms with Gasteiger partial charge < -0.3 is 4.74 Å². The molecule has 0 aliphatic carbocycles. The summed E-state index contributed by atoms with van der Waals surface area (Å²) in [7, 11) is -3.02. The second kappa shape index (κ2) is 4.35. The van der Waals surface area contributed by atoms with E-state index in [1.54, 1.807) is 6.92 Å². The van der Waals surface area contributed by atoms with Crippen molar-refractivity contribution in [3.63, 3.8) is 0 Å². The summed E-state index contributed by atoms with van der Waals surface area (Å²) in [6.45, 7) is 7.34. The monoisotopic (exact) mass is 248 g/mol. The fourth-order valence-corrected chi connectivity index (χ4v) is 3.63. The molecule has 16 heavy (non-hydrogen) atoms. The molecule has 1 heterocycles. The van der Waals surface area contributed by atoms with Crippen LogP contribution in [0.1, 0.15) is 34.1 Å². The molecule has 0 saturated carbocycles. The summed E-state index contributed by atoms with van der Waals surface area (Å²) in [5, 5.41) is 0. The van der Waals surface area contributed by atoms with Crippen molar-refractivity contribution < 1.29 is 17.9 Å². The van der Waals surface area contributed by atoms with E-state index in [2.05, 4.69) is 0 Å². The molecule has 0 N–H and O–H groups in total. The maximum absolute atomic E-state index is 11.8. The number of carbonyl (C=O) groups excluding carboxylic acids is 1. The van der Waals surface area contributed by atoms with Gasteiger partial charge in [-0.05, 0) is 20.3 Å². The molecule has 4 nitrogen and oxygen atoms in total. The summed E-state index contributed by atoms with van der Waals surface area (Å²) in [4.78, 5) is 11.8. The van der Waals surface area contributed by atoms with Crippen molar-refractivity contribution in [1.82, 2.24) is 0 Å². The number of ether oxygens (including phenoxy) is 1. The lowest BCUT2D eigenvalue weighted by atomic mass is 9.90. The molecule has 1 fully saturated rings. The zero-order valence-corrected chi connectivity index (χ0v) is 11.1. The van der Waals surface area contributed by atoms with Crippen molar-refractivity contribution in [2.24, 2.45) is 11.3 Å². The van der Waals surface area contributed by atoms with E-state index in [1.807, 2.05) is 20.8 Å². The maximum atomic E-state index is 11.8.